The molecule has 0 spiro atoms. The largest absolute Gasteiger partial charge is 0.332 e. The van der Waals surface area contributed by atoms with Crippen LogP contribution in [-0.4, -0.2) is 40.7 Å². The molecule has 148 valence electrons. The Hall–Kier alpha value is -2.97. The smallest absolute Gasteiger partial charge is 0.234 e. The summed E-state index contributed by atoms with van der Waals surface area (Å²) < 4.78 is 0. The van der Waals surface area contributed by atoms with Gasteiger partial charge < -0.3 is 10.6 Å². The van der Waals surface area contributed by atoms with Crippen molar-refractivity contribution in [3.63, 3.8) is 0 Å². The van der Waals surface area contributed by atoms with Gasteiger partial charge in [0.25, 0.3) is 0 Å². The van der Waals surface area contributed by atoms with Crippen LogP contribution in [0.1, 0.15) is 45.2 Å². The first-order valence-corrected chi connectivity index (χ1v) is 10.3. The average Bonchev–Trinajstić information content (AvgIpc) is 2.70. The third-order valence-electron chi connectivity index (χ3n) is 4.81. The lowest BCUT2D eigenvalue weighted by atomic mass is 9.84. The van der Waals surface area contributed by atoms with Crippen molar-refractivity contribution in [3.8, 4) is 0 Å². The molecule has 1 fully saturated rings. The molecule has 8 heteroatoms. The number of fused-ring (bicyclic) bond motifs is 2. The molecule has 0 radical (unpaired) electrons. The zero-order chi connectivity index (χ0) is 20.5. The summed E-state index contributed by atoms with van der Waals surface area (Å²) in [5.74, 6) is -0.621. The third-order valence-corrected chi connectivity index (χ3v) is 5.83. The topological polar surface area (TPSA) is 104 Å². The Morgan fingerprint density at radius 1 is 1.03 bits per heavy atom. The summed E-state index contributed by atoms with van der Waals surface area (Å²) in [4.78, 5) is 49.3. The minimum Gasteiger partial charge on any atom is -0.332 e. The molecule has 3 N–H and O–H groups in total. The number of hydrogen-bond donors (Lipinski definition) is 3. The Morgan fingerprint density at radius 2 is 1.69 bits per heavy atom. The molecule has 0 saturated carbocycles. The van der Waals surface area contributed by atoms with Gasteiger partial charge in [-0.05, 0) is 25.1 Å². The van der Waals surface area contributed by atoms with E-state index in [1.165, 1.54) is 17.8 Å². The van der Waals surface area contributed by atoms with Gasteiger partial charge in [0, 0.05) is 40.4 Å². The molecule has 1 heterocycles. The van der Waals surface area contributed by atoms with Crippen molar-refractivity contribution in [1.82, 2.24) is 10.6 Å². The number of rotatable bonds is 4. The number of carbonyl (C=O) groups is 4. The van der Waals surface area contributed by atoms with Gasteiger partial charge in [0.05, 0.1) is 5.75 Å². The van der Waals surface area contributed by atoms with Gasteiger partial charge in [-0.25, -0.2) is 0 Å². The molecule has 29 heavy (non-hydrogen) atoms. The van der Waals surface area contributed by atoms with Crippen LogP contribution in [0.2, 0.25) is 0 Å². The van der Waals surface area contributed by atoms with Gasteiger partial charge in [-0.3, -0.25) is 24.5 Å². The molecular weight excluding hydrogens is 390 g/mol. The quantitative estimate of drug-likeness (QED) is 0.608. The maximum absolute atomic E-state index is 12.8. The van der Waals surface area contributed by atoms with Crippen LogP contribution in [0.4, 0.5) is 5.69 Å². The second-order valence-corrected chi connectivity index (χ2v) is 8.14. The number of nitrogens with one attached hydrogen (secondary N) is 3. The van der Waals surface area contributed by atoms with Gasteiger partial charge in [0.1, 0.15) is 5.50 Å². The van der Waals surface area contributed by atoms with E-state index in [2.05, 4.69) is 16.0 Å². The van der Waals surface area contributed by atoms with Gasteiger partial charge in [-0.15, -0.1) is 11.8 Å². The highest BCUT2D eigenvalue weighted by atomic mass is 32.2. The van der Waals surface area contributed by atoms with Crippen molar-refractivity contribution in [2.24, 2.45) is 0 Å². The van der Waals surface area contributed by atoms with Crippen molar-refractivity contribution in [1.29, 1.82) is 0 Å². The van der Waals surface area contributed by atoms with E-state index < -0.39 is 0 Å². The second kappa shape index (κ2) is 7.81. The molecule has 2 unspecified atom stereocenters. The predicted octanol–water partition coefficient (Wildman–Crippen LogP) is 1.92. The van der Waals surface area contributed by atoms with Crippen LogP contribution in [0.5, 0.6) is 0 Å². The average molecular weight is 409 g/mol. The zero-order valence-corrected chi connectivity index (χ0v) is 16.5. The van der Waals surface area contributed by atoms with Crippen LogP contribution in [0.3, 0.4) is 0 Å². The lowest BCUT2D eigenvalue weighted by Gasteiger charge is -2.28. The minimum absolute atomic E-state index is 0.0488. The summed E-state index contributed by atoms with van der Waals surface area (Å²) in [6.45, 7) is 1.91. The first-order valence-electron chi connectivity index (χ1n) is 9.21. The van der Waals surface area contributed by atoms with Crippen LogP contribution in [0.25, 0.3) is 0 Å². The van der Waals surface area contributed by atoms with E-state index in [9.17, 15) is 19.2 Å². The van der Waals surface area contributed by atoms with Crippen LogP contribution in [-0.2, 0) is 9.59 Å². The Bertz CT molecular complexity index is 1040. The Morgan fingerprint density at radius 3 is 2.38 bits per heavy atom. The van der Waals surface area contributed by atoms with Crippen molar-refractivity contribution < 1.29 is 19.2 Å². The van der Waals surface area contributed by atoms with Crippen molar-refractivity contribution >= 4 is 40.8 Å². The second-order valence-electron chi connectivity index (χ2n) is 7.04. The molecule has 2 aliphatic rings. The third kappa shape index (κ3) is 3.94. The molecule has 1 saturated heterocycles. The minimum atomic E-state index is -0.323. The number of amides is 2. The van der Waals surface area contributed by atoms with Gasteiger partial charge in [-0.2, -0.15) is 0 Å². The van der Waals surface area contributed by atoms with Crippen molar-refractivity contribution in [2.45, 2.75) is 24.9 Å². The molecule has 0 bridgehead atoms. The highest BCUT2D eigenvalue weighted by molar-refractivity contribution is 8.00. The van der Waals surface area contributed by atoms with E-state index in [0.29, 0.717) is 28.8 Å². The lowest BCUT2D eigenvalue weighted by Crippen LogP contribution is -2.53. The molecule has 2 aromatic carbocycles. The van der Waals surface area contributed by atoms with Gasteiger partial charge >= 0.3 is 0 Å². The van der Waals surface area contributed by atoms with Crippen molar-refractivity contribution in [3.05, 3.63) is 64.7 Å². The number of anilines is 1. The summed E-state index contributed by atoms with van der Waals surface area (Å²) in [6, 6.07) is 11.5. The SMILES string of the molecule is CC1CC(=O)NC(SCC(=O)Nc2ccc3c(c2)C(=O)c2ccccc2C3=O)N1. The van der Waals surface area contributed by atoms with E-state index in [1.54, 1.807) is 36.4 Å². The van der Waals surface area contributed by atoms with Gasteiger partial charge in [-0.1, -0.05) is 24.3 Å². The number of carbonyl (C=O) groups excluding carboxylic acids is 4. The van der Waals surface area contributed by atoms with Crippen LogP contribution < -0.4 is 16.0 Å². The van der Waals surface area contributed by atoms with Crippen LogP contribution >= 0.6 is 11.8 Å². The summed E-state index contributed by atoms with van der Waals surface area (Å²) in [5, 5.41) is 8.72. The summed E-state index contributed by atoms with van der Waals surface area (Å²) in [7, 11) is 0. The van der Waals surface area contributed by atoms with Crippen LogP contribution in [0, 0.1) is 0 Å². The molecule has 7 nitrogen and oxygen atoms in total. The lowest BCUT2D eigenvalue weighted by molar-refractivity contribution is -0.123. The molecule has 2 aromatic rings. The fourth-order valence-electron chi connectivity index (χ4n) is 3.47. The Labute approximate surface area is 171 Å². The molecule has 2 amide bonds. The van der Waals surface area contributed by atoms with E-state index in [4.69, 9.17) is 0 Å². The molecule has 4 rings (SSSR count). The molecule has 1 aliphatic heterocycles. The monoisotopic (exact) mass is 409 g/mol. The van der Waals surface area contributed by atoms with E-state index in [-0.39, 0.29) is 46.2 Å². The maximum Gasteiger partial charge on any atom is 0.234 e. The highest BCUT2D eigenvalue weighted by Crippen LogP contribution is 2.29. The Kier molecular flexibility index (Phi) is 5.21. The first kappa shape index (κ1) is 19.4. The standard InChI is InChI=1S/C21H19N3O4S/c1-11-8-17(25)24-21(22-11)29-10-18(26)23-12-6-7-15-16(9-12)20(28)14-5-3-2-4-13(14)19(15)27/h2-7,9,11,21-22H,8,10H2,1H3,(H,23,26)(H,24,25). The Balaban J connectivity index is 1.44. The van der Waals surface area contributed by atoms with Crippen molar-refractivity contribution in [2.75, 3.05) is 11.1 Å². The first-order chi connectivity index (χ1) is 13.9. The van der Waals surface area contributed by atoms with E-state index in [1.807, 2.05) is 6.92 Å². The molecule has 0 aromatic heterocycles. The van der Waals surface area contributed by atoms with E-state index >= 15 is 0 Å². The summed E-state index contributed by atoms with van der Waals surface area (Å²) in [6.07, 6.45) is 0.411. The predicted molar refractivity (Wildman–Crippen MR) is 110 cm³/mol. The molecular formula is C21H19N3O4S. The fourth-order valence-corrected chi connectivity index (χ4v) is 4.40. The van der Waals surface area contributed by atoms with Gasteiger partial charge in [0.15, 0.2) is 11.6 Å². The zero-order valence-electron chi connectivity index (χ0n) is 15.7. The van der Waals surface area contributed by atoms with Crippen LogP contribution in [0.15, 0.2) is 42.5 Å². The summed E-state index contributed by atoms with van der Waals surface area (Å²) in [5.41, 5.74) is 1.52. The molecule has 2 atom stereocenters. The number of benzene rings is 2. The number of thioether (sulfide) groups is 1. The highest BCUT2D eigenvalue weighted by Gasteiger charge is 2.29. The molecule has 1 aliphatic carbocycles. The maximum atomic E-state index is 12.8. The number of hydrogen-bond acceptors (Lipinski definition) is 6. The fraction of sp³-hybridized carbons (Fsp3) is 0.238. The van der Waals surface area contributed by atoms with Gasteiger partial charge in [0.2, 0.25) is 11.8 Å². The normalized spacial score (nSPS) is 20.5. The van der Waals surface area contributed by atoms with E-state index in [0.717, 1.165) is 0 Å². The number of ketones is 2. The summed E-state index contributed by atoms with van der Waals surface area (Å²) >= 11 is 1.28.